The predicted molar refractivity (Wildman–Crippen MR) is 116 cm³/mol. The van der Waals surface area contributed by atoms with Crippen LogP contribution < -0.4 is 10.6 Å². The van der Waals surface area contributed by atoms with Crippen LogP contribution in [0.4, 0.5) is 0 Å². The van der Waals surface area contributed by atoms with Crippen LogP contribution in [0.15, 0.2) is 10.4 Å². The number of ether oxygens (including phenoxy) is 1. The van der Waals surface area contributed by atoms with Gasteiger partial charge in [0.25, 0.3) is 0 Å². The molecule has 1 fully saturated rings. The van der Waals surface area contributed by atoms with Gasteiger partial charge >= 0.3 is 0 Å². The summed E-state index contributed by atoms with van der Waals surface area (Å²) in [6.45, 7) is 12.2. The number of nitrogens with one attached hydrogen (secondary N) is 2. The van der Waals surface area contributed by atoms with Crippen molar-refractivity contribution in [3.8, 4) is 0 Å². The highest BCUT2D eigenvalue weighted by Gasteiger charge is 2.33. The SMILES string of the molecule is CCOCCC1(CNC(=NC)NCCc2nc(C(C)(C)C)cs2)CCCC1. The molecule has 0 saturated heterocycles. The van der Waals surface area contributed by atoms with E-state index in [1.165, 1.54) is 36.4 Å². The van der Waals surface area contributed by atoms with E-state index < -0.39 is 0 Å². The third-order valence-electron chi connectivity index (χ3n) is 5.45. The van der Waals surface area contributed by atoms with E-state index >= 15 is 0 Å². The maximum absolute atomic E-state index is 5.61. The van der Waals surface area contributed by atoms with Gasteiger partial charge in [0.2, 0.25) is 0 Å². The molecular weight excluding hydrogens is 356 g/mol. The van der Waals surface area contributed by atoms with E-state index in [0.717, 1.165) is 45.1 Å². The summed E-state index contributed by atoms with van der Waals surface area (Å²) in [6, 6.07) is 0. The fourth-order valence-electron chi connectivity index (χ4n) is 3.62. The molecule has 154 valence electrons. The number of thiazole rings is 1. The summed E-state index contributed by atoms with van der Waals surface area (Å²) in [6.07, 6.45) is 7.31. The van der Waals surface area contributed by atoms with Gasteiger partial charge in [0.15, 0.2) is 5.96 Å². The molecule has 0 bridgehead atoms. The largest absolute Gasteiger partial charge is 0.382 e. The second kappa shape index (κ2) is 10.4. The number of rotatable bonds is 9. The summed E-state index contributed by atoms with van der Waals surface area (Å²) in [4.78, 5) is 9.17. The lowest BCUT2D eigenvalue weighted by Crippen LogP contribution is -2.44. The minimum Gasteiger partial charge on any atom is -0.382 e. The van der Waals surface area contributed by atoms with Gasteiger partial charge in [-0.25, -0.2) is 4.98 Å². The summed E-state index contributed by atoms with van der Waals surface area (Å²) in [5, 5.41) is 10.4. The van der Waals surface area contributed by atoms with Crippen molar-refractivity contribution in [1.82, 2.24) is 15.6 Å². The van der Waals surface area contributed by atoms with Crippen LogP contribution in [0.1, 0.15) is 70.5 Å². The van der Waals surface area contributed by atoms with Crippen molar-refractivity contribution < 1.29 is 4.74 Å². The molecule has 0 aliphatic heterocycles. The van der Waals surface area contributed by atoms with Gasteiger partial charge in [0.05, 0.1) is 10.7 Å². The van der Waals surface area contributed by atoms with E-state index in [1.807, 2.05) is 7.05 Å². The first-order chi connectivity index (χ1) is 12.9. The zero-order valence-electron chi connectivity index (χ0n) is 17.9. The first-order valence-electron chi connectivity index (χ1n) is 10.4. The van der Waals surface area contributed by atoms with Gasteiger partial charge in [0.1, 0.15) is 0 Å². The lowest BCUT2D eigenvalue weighted by Gasteiger charge is -2.30. The Hall–Kier alpha value is -1.14. The van der Waals surface area contributed by atoms with Gasteiger partial charge in [-0.15, -0.1) is 11.3 Å². The van der Waals surface area contributed by atoms with E-state index in [4.69, 9.17) is 9.72 Å². The van der Waals surface area contributed by atoms with Gasteiger partial charge in [0, 0.05) is 50.6 Å². The Kier molecular flexibility index (Phi) is 8.55. The van der Waals surface area contributed by atoms with Crippen molar-refractivity contribution in [2.24, 2.45) is 10.4 Å². The third kappa shape index (κ3) is 7.07. The van der Waals surface area contributed by atoms with Crippen molar-refractivity contribution in [3.63, 3.8) is 0 Å². The maximum atomic E-state index is 5.61. The van der Waals surface area contributed by atoms with Crippen LogP contribution in [0.3, 0.4) is 0 Å². The van der Waals surface area contributed by atoms with Gasteiger partial charge in [-0.1, -0.05) is 33.6 Å². The number of aromatic nitrogens is 1. The van der Waals surface area contributed by atoms with E-state index in [0.29, 0.717) is 5.41 Å². The number of aliphatic imine (C=N–C) groups is 1. The number of guanidine groups is 1. The summed E-state index contributed by atoms with van der Waals surface area (Å²) >= 11 is 1.75. The molecule has 2 rings (SSSR count). The van der Waals surface area contributed by atoms with Crippen LogP contribution in [0.5, 0.6) is 0 Å². The Morgan fingerprint density at radius 2 is 2.04 bits per heavy atom. The average molecular weight is 395 g/mol. The molecule has 27 heavy (non-hydrogen) atoms. The van der Waals surface area contributed by atoms with E-state index in [2.05, 4.69) is 48.7 Å². The molecule has 0 spiro atoms. The molecule has 1 aliphatic rings. The Balaban J connectivity index is 1.77. The molecule has 5 nitrogen and oxygen atoms in total. The van der Waals surface area contributed by atoms with Crippen LogP contribution in [0.2, 0.25) is 0 Å². The summed E-state index contributed by atoms with van der Waals surface area (Å²) in [7, 11) is 1.85. The van der Waals surface area contributed by atoms with Crippen LogP contribution in [0.25, 0.3) is 0 Å². The smallest absolute Gasteiger partial charge is 0.191 e. The van der Waals surface area contributed by atoms with Crippen molar-refractivity contribution in [2.75, 3.05) is 33.4 Å². The van der Waals surface area contributed by atoms with Gasteiger partial charge < -0.3 is 15.4 Å². The normalized spacial score (nSPS) is 17.3. The standard InChI is InChI=1S/C21H38N4OS/c1-6-26-14-12-21(10-7-8-11-21)16-24-19(22-5)23-13-9-18-25-17(15-27-18)20(2,3)4/h15H,6-14,16H2,1-5H3,(H2,22,23,24). The van der Waals surface area contributed by atoms with Crippen molar-refractivity contribution in [2.45, 2.75) is 71.6 Å². The minimum atomic E-state index is 0.122. The van der Waals surface area contributed by atoms with Gasteiger partial charge in [-0.2, -0.15) is 0 Å². The number of nitrogens with zero attached hydrogens (tertiary/aromatic N) is 2. The molecule has 0 aromatic carbocycles. The van der Waals surface area contributed by atoms with Crippen LogP contribution >= 0.6 is 11.3 Å². The van der Waals surface area contributed by atoms with Crippen LogP contribution in [0, 0.1) is 5.41 Å². The van der Waals surface area contributed by atoms with Gasteiger partial charge in [-0.05, 0) is 31.6 Å². The van der Waals surface area contributed by atoms with Crippen LogP contribution in [-0.2, 0) is 16.6 Å². The van der Waals surface area contributed by atoms with E-state index in [-0.39, 0.29) is 5.41 Å². The van der Waals surface area contributed by atoms with E-state index in [1.54, 1.807) is 11.3 Å². The number of hydrogen-bond acceptors (Lipinski definition) is 4. The molecule has 6 heteroatoms. The molecule has 0 radical (unpaired) electrons. The average Bonchev–Trinajstić information content (AvgIpc) is 3.28. The Morgan fingerprint density at radius 3 is 2.63 bits per heavy atom. The zero-order chi connectivity index (χ0) is 19.8. The molecular formula is C21H38N4OS. The second-order valence-corrected chi connectivity index (χ2v) is 9.58. The quantitative estimate of drug-likeness (QED) is 0.375. The topological polar surface area (TPSA) is 58.5 Å². The molecule has 1 aliphatic carbocycles. The van der Waals surface area contributed by atoms with E-state index in [9.17, 15) is 0 Å². The maximum Gasteiger partial charge on any atom is 0.191 e. The molecule has 0 amide bonds. The van der Waals surface area contributed by atoms with Crippen LogP contribution in [-0.4, -0.2) is 44.3 Å². The molecule has 0 unspecified atom stereocenters. The first kappa shape index (κ1) is 22.2. The fourth-order valence-corrected chi connectivity index (χ4v) is 4.65. The molecule has 1 aromatic rings. The van der Waals surface area contributed by atoms with Crippen molar-refractivity contribution >= 4 is 17.3 Å². The van der Waals surface area contributed by atoms with Crippen molar-refractivity contribution in [1.29, 1.82) is 0 Å². The van der Waals surface area contributed by atoms with Gasteiger partial charge in [-0.3, -0.25) is 4.99 Å². The Bertz CT molecular complexity index is 585. The second-order valence-electron chi connectivity index (χ2n) is 8.63. The summed E-state index contributed by atoms with van der Waals surface area (Å²) in [5.41, 5.74) is 1.67. The molecule has 1 saturated carbocycles. The summed E-state index contributed by atoms with van der Waals surface area (Å²) in [5.74, 6) is 0.894. The molecule has 2 N–H and O–H groups in total. The Morgan fingerprint density at radius 1 is 1.30 bits per heavy atom. The summed E-state index contributed by atoms with van der Waals surface area (Å²) < 4.78 is 5.61. The van der Waals surface area contributed by atoms with Crippen molar-refractivity contribution in [3.05, 3.63) is 16.1 Å². The predicted octanol–water partition coefficient (Wildman–Crippen LogP) is 4.14. The molecule has 1 aromatic heterocycles. The molecule has 0 atom stereocenters. The Labute approximate surface area is 169 Å². The number of hydrogen-bond donors (Lipinski definition) is 2. The highest BCUT2D eigenvalue weighted by Crippen LogP contribution is 2.40. The lowest BCUT2D eigenvalue weighted by molar-refractivity contribution is 0.105. The third-order valence-corrected chi connectivity index (χ3v) is 6.36. The highest BCUT2D eigenvalue weighted by molar-refractivity contribution is 7.09. The fraction of sp³-hybridized carbons (Fsp3) is 0.810. The molecule has 1 heterocycles. The highest BCUT2D eigenvalue weighted by atomic mass is 32.1. The zero-order valence-corrected chi connectivity index (χ0v) is 18.7. The first-order valence-corrected chi connectivity index (χ1v) is 11.2. The monoisotopic (exact) mass is 394 g/mol. The minimum absolute atomic E-state index is 0.122. The lowest BCUT2D eigenvalue weighted by atomic mass is 9.83.